The van der Waals surface area contributed by atoms with Crippen LogP contribution >= 0.6 is 15.9 Å². The van der Waals surface area contributed by atoms with Crippen molar-refractivity contribution in [3.05, 3.63) is 46.6 Å². The molecule has 2 rings (SSSR count). The van der Waals surface area contributed by atoms with Crippen molar-refractivity contribution in [2.75, 3.05) is 17.1 Å². The highest BCUT2D eigenvalue weighted by Gasteiger charge is 2.16. The van der Waals surface area contributed by atoms with E-state index in [4.69, 9.17) is 0 Å². The number of hydrogen-bond acceptors (Lipinski definition) is 4. The van der Waals surface area contributed by atoms with E-state index >= 15 is 0 Å². The van der Waals surface area contributed by atoms with Crippen LogP contribution in [0.1, 0.15) is 12.5 Å². The molecule has 0 saturated carbocycles. The molecule has 1 heterocycles. The summed E-state index contributed by atoms with van der Waals surface area (Å²) in [7, 11) is -1.91. The van der Waals surface area contributed by atoms with Crippen molar-refractivity contribution < 1.29 is 8.42 Å². The quantitative estimate of drug-likeness (QED) is 0.848. The average Bonchev–Trinajstić information content (AvgIpc) is 2.49. The van der Waals surface area contributed by atoms with Crippen LogP contribution in [-0.2, 0) is 16.4 Å². The van der Waals surface area contributed by atoms with Gasteiger partial charge in [-0.15, -0.1) is 0 Å². The lowest BCUT2D eigenvalue weighted by molar-refractivity contribution is 0.601. The maximum atomic E-state index is 12.4. The number of rotatable bonds is 5. The third-order valence-electron chi connectivity index (χ3n) is 3.00. The number of sulfonamides is 1. The molecule has 21 heavy (non-hydrogen) atoms. The van der Waals surface area contributed by atoms with E-state index in [0.717, 1.165) is 16.5 Å². The Morgan fingerprint density at radius 1 is 1.24 bits per heavy atom. The van der Waals surface area contributed by atoms with Crippen LogP contribution in [0.15, 0.2) is 45.9 Å². The Morgan fingerprint density at radius 3 is 2.57 bits per heavy atom. The summed E-state index contributed by atoms with van der Waals surface area (Å²) in [6.45, 7) is 1.98. The Morgan fingerprint density at radius 2 is 2.00 bits per heavy atom. The summed E-state index contributed by atoms with van der Waals surface area (Å²) in [5.41, 5.74) is 1.51. The van der Waals surface area contributed by atoms with Gasteiger partial charge in [-0.3, -0.25) is 4.72 Å². The largest absolute Gasteiger partial charge is 0.373 e. The molecule has 1 aromatic heterocycles. The molecule has 0 radical (unpaired) electrons. The molecular formula is C14H16BrN3O2S. The number of aromatic nitrogens is 1. The first kappa shape index (κ1) is 15.8. The van der Waals surface area contributed by atoms with Crippen molar-refractivity contribution >= 4 is 37.5 Å². The molecule has 5 nitrogen and oxygen atoms in total. The van der Waals surface area contributed by atoms with Gasteiger partial charge in [0.25, 0.3) is 10.0 Å². The smallest absolute Gasteiger partial charge is 0.263 e. The fourth-order valence-electron chi connectivity index (χ4n) is 1.85. The molecule has 2 N–H and O–H groups in total. The van der Waals surface area contributed by atoms with Crippen LogP contribution in [-0.4, -0.2) is 20.4 Å². The Bertz CT molecular complexity index is 730. The molecule has 0 aliphatic heterocycles. The van der Waals surface area contributed by atoms with Crippen LogP contribution in [0, 0.1) is 0 Å². The molecule has 0 amide bonds. The minimum Gasteiger partial charge on any atom is -0.373 e. The van der Waals surface area contributed by atoms with Gasteiger partial charge in [-0.05, 0) is 42.3 Å². The monoisotopic (exact) mass is 369 g/mol. The summed E-state index contributed by atoms with van der Waals surface area (Å²) < 4.78 is 28.3. The van der Waals surface area contributed by atoms with Crippen molar-refractivity contribution in [2.24, 2.45) is 0 Å². The zero-order chi connectivity index (χ0) is 15.5. The van der Waals surface area contributed by atoms with Crippen molar-refractivity contribution in [2.45, 2.75) is 18.2 Å². The van der Waals surface area contributed by atoms with Crippen LogP contribution in [0.4, 0.5) is 11.5 Å². The number of pyridine rings is 1. The highest BCUT2D eigenvalue weighted by Crippen LogP contribution is 2.24. The van der Waals surface area contributed by atoms with E-state index in [1.54, 1.807) is 25.2 Å². The zero-order valence-electron chi connectivity index (χ0n) is 11.7. The number of nitrogens with one attached hydrogen (secondary N) is 2. The fraction of sp³-hybridized carbons (Fsp3) is 0.214. The first-order chi connectivity index (χ1) is 9.96. The minimum absolute atomic E-state index is 0.131. The van der Waals surface area contributed by atoms with Gasteiger partial charge in [0.15, 0.2) is 0 Å². The van der Waals surface area contributed by atoms with E-state index in [1.165, 1.54) is 12.3 Å². The second-order valence-electron chi connectivity index (χ2n) is 4.39. The van der Waals surface area contributed by atoms with Gasteiger partial charge in [-0.1, -0.05) is 22.9 Å². The highest BCUT2D eigenvalue weighted by molar-refractivity contribution is 9.10. The standard InChI is InChI=1S/C14H16BrN3O2S/c1-3-10-8-11(15)4-6-13(10)18-21(19,20)12-5-7-14(16-2)17-9-12/h4-9,18H,3H2,1-2H3,(H,16,17). The molecule has 0 saturated heterocycles. The third-order valence-corrected chi connectivity index (χ3v) is 4.84. The molecule has 1 aromatic carbocycles. The van der Waals surface area contributed by atoms with Crippen molar-refractivity contribution in [1.82, 2.24) is 4.98 Å². The topological polar surface area (TPSA) is 71.1 Å². The molecule has 0 fully saturated rings. The zero-order valence-corrected chi connectivity index (χ0v) is 14.1. The number of nitrogens with zero attached hydrogens (tertiary/aromatic N) is 1. The number of hydrogen-bond donors (Lipinski definition) is 2. The van der Waals surface area contributed by atoms with E-state index in [-0.39, 0.29) is 4.90 Å². The molecule has 0 aliphatic rings. The summed E-state index contributed by atoms with van der Waals surface area (Å²) in [5.74, 6) is 0.617. The van der Waals surface area contributed by atoms with Crippen LogP contribution in [0.25, 0.3) is 0 Å². The molecule has 0 unspecified atom stereocenters. The SMILES string of the molecule is CCc1cc(Br)ccc1NS(=O)(=O)c1ccc(NC)nc1. The molecule has 0 atom stereocenters. The second kappa shape index (κ2) is 6.44. The molecule has 7 heteroatoms. The summed E-state index contributed by atoms with van der Waals surface area (Å²) in [6.07, 6.45) is 2.06. The first-order valence-electron chi connectivity index (χ1n) is 6.41. The van der Waals surface area contributed by atoms with Gasteiger partial charge in [0.05, 0.1) is 5.69 Å². The van der Waals surface area contributed by atoms with Crippen LogP contribution < -0.4 is 10.0 Å². The number of anilines is 2. The van der Waals surface area contributed by atoms with Gasteiger partial charge in [0, 0.05) is 17.7 Å². The number of halogens is 1. The fourth-order valence-corrected chi connectivity index (χ4v) is 3.30. The summed E-state index contributed by atoms with van der Waals surface area (Å²) in [5, 5.41) is 2.85. The Labute approximate surface area is 133 Å². The van der Waals surface area contributed by atoms with Crippen LogP contribution in [0.3, 0.4) is 0 Å². The molecular weight excluding hydrogens is 354 g/mol. The maximum Gasteiger partial charge on any atom is 0.263 e. The highest BCUT2D eigenvalue weighted by atomic mass is 79.9. The normalized spacial score (nSPS) is 11.2. The van der Waals surface area contributed by atoms with Crippen LogP contribution in [0.2, 0.25) is 0 Å². The molecule has 0 bridgehead atoms. The minimum atomic E-state index is -3.64. The Balaban J connectivity index is 2.32. The lowest BCUT2D eigenvalue weighted by Crippen LogP contribution is -2.14. The lowest BCUT2D eigenvalue weighted by atomic mass is 10.1. The van der Waals surface area contributed by atoms with Gasteiger partial charge < -0.3 is 5.32 Å². The van der Waals surface area contributed by atoms with Gasteiger partial charge in [-0.25, -0.2) is 13.4 Å². The third kappa shape index (κ3) is 3.74. The average molecular weight is 370 g/mol. The molecule has 2 aromatic rings. The van der Waals surface area contributed by atoms with E-state index in [0.29, 0.717) is 11.5 Å². The first-order valence-corrected chi connectivity index (χ1v) is 8.69. The summed E-state index contributed by atoms with van der Waals surface area (Å²) in [6, 6.07) is 8.60. The van der Waals surface area contributed by atoms with Gasteiger partial charge in [0.1, 0.15) is 10.7 Å². The Hall–Kier alpha value is -1.60. The number of aryl methyl sites for hydroxylation is 1. The Kier molecular flexibility index (Phi) is 4.84. The molecule has 0 spiro atoms. The van der Waals surface area contributed by atoms with E-state index in [9.17, 15) is 8.42 Å². The number of benzene rings is 1. The summed E-state index contributed by atoms with van der Waals surface area (Å²) >= 11 is 3.38. The second-order valence-corrected chi connectivity index (χ2v) is 6.99. The van der Waals surface area contributed by atoms with Gasteiger partial charge in [0.2, 0.25) is 0 Å². The van der Waals surface area contributed by atoms with Crippen molar-refractivity contribution in [3.63, 3.8) is 0 Å². The van der Waals surface area contributed by atoms with E-state index < -0.39 is 10.0 Å². The van der Waals surface area contributed by atoms with Gasteiger partial charge >= 0.3 is 0 Å². The van der Waals surface area contributed by atoms with Gasteiger partial charge in [-0.2, -0.15) is 0 Å². The maximum absolute atomic E-state index is 12.4. The van der Waals surface area contributed by atoms with E-state index in [2.05, 4.69) is 31.0 Å². The summed E-state index contributed by atoms with van der Waals surface area (Å²) in [4.78, 5) is 4.15. The molecule has 112 valence electrons. The molecule has 0 aliphatic carbocycles. The van der Waals surface area contributed by atoms with Crippen LogP contribution in [0.5, 0.6) is 0 Å². The van der Waals surface area contributed by atoms with Crippen molar-refractivity contribution in [1.29, 1.82) is 0 Å². The predicted octanol–water partition coefficient (Wildman–Crippen LogP) is 3.25. The van der Waals surface area contributed by atoms with Crippen molar-refractivity contribution in [3.8, 4) is 0 Å². The van der Waals surface area contributed by atoms with E-state index in [1.807, 2.05) is 13.0 Å². The predicted molar refractivity (Wildman–Crippen MR) is 88.1 cm³/mol. The lowest BCUT2D eigenvalue weighted by Gasteiger charge is -2.12.